The quantitative estimate of drug-likeness (QED) is 0.743. The van der Waals surface area contributed by atoms with Crippen LogP contribution in [0.5, 0.6) is 0 Å². The van der Waals surface area contributed by atoms with Gasteiger partial charge in [-0.1, -0.05) is 38.0 Å². The summed E-state index contributed by atoms with van der Waals surface area (Å²) >= 11 is 0. The zero-order valence-corrected chi connectivity index (χ0v) is 13.1. The van der Waals surface area contributed by atoms with Crippen LogP contribution in [0.15, 0.2) is 24.3 Å². The minimum absolute atomic E-state index is 0.281. The monoisotopic (exact) mass is 264 g/mol. The molecule has 0 saturated carbocycles. The Bertz CT molecular complexity index is 369. The Morgan fingerprint density at radius 1 is 1.28 bits per heavy atom. The fourth-order valence-corrected chi connectivity index (χ4v) is 3.71. The minimum Gasteiger partial charge on any atom is -0.313 e. The van der Waals surface area contributed by atoms with Crippen molar-refractivity contribution in [1.82, 2.24) is 5.32 Å². The van der Waals surface area contributed by atoms with Gasteiger partial charge in [-0.05, 0) is 38.4 Å². The van der Waals surface area contributed by atoms with Crippen LogP contribution < -0.4 is 10.6 Å². The summed E-state index contributed by atoms with van der Waals surface area (Å²) in [6, 6.07) is 9.47. The molecule has 3 atom stereocenters. The molecule has 0 saturated heterocycles. The maximum atomic E-state index is 4.38. The lowest BCUT2D eigenvalue weighted by molar-refractivity contribution is 0.436. The molecule has 18 heavy (non-hydrogen) atoms. The first-order chi connectivity index (χ1) is 8.56. The van der Waals surface area contributed by atoms with Gasteiger partial charge in [0.1, 0.15) is 19.0 Å². The van der Waals surface area contributed by atoms with Gasteiger partial charge in [-0.2, -0.15) is 0 Å². The molecule has 0 aliphatic rings. The van der Waals surface area contributed by atoms with Crippen LogP contribution in [0.25, 0.3) is 0 Å². The van der Waals surface area contributed by atoms with E-state index in [1.807, 2.05) is 0 Å². The highest BCUT2D eigenvalue weighted by molar-refractivity contribution is 7.63. The van der Waals surface area contributed by atoms with E-state index in [0.29, 0.717) is 6.04 Å². The Morgan fingerprint density at radius 2 is 1.89 bits per heavy atom. The summed E-state index contributed by atoms with van der Waals surface area (Å²) in [5, 5.41) is 4.87. The molecule has 0 aliphatic carbocycles. The standard InChI is InChI=1S/C16H27NP/c1-6-13(2)11-15(17-4)12-18(5)16-9-7-14(3)8-10-16/h7-10,13,15,17H,5-6,11-12H2,1-4H3/q+1. The lowest BCUT2D eigenvalue weighted by atomic mass is 10.0. The first-order valence-corrected chi connectivity index (χ1v) is 8.60. The first kappa shape index (κ1) is 15.4. The number of hydrogen-bond acceptors (Lipinski definition) is 1. The second-order valence-electron chi connectivity index (χ2n) is 5.29. The van der Waals surface area contributed by atoms with Gasteiger partial charge in [0.05, 0.1) is 6.30 Å². The highest BCUT2D eigenvalue weighted by Crippen LogP contribution is 2.23. The van der Waals surface area contributed by atoms with Crippen LogP contribution in [0.3, 0.4) is 0 Å². The van der Waals surface area contributed by atoms with Gasteiger partial charge in [0.25, 0.3) is 0 Å². The van der Waals surface area contributed by atoms with Crippen LogP contribution in [-0.2, 0) is 0 Å². The highest BCUT2D eigenvalue weighted by atomic mass is 31.1. The van der Waals surface area contributed by atoms with Gasteiger partial charge < -0.3 is 5.32 Å². The molecule has 0 fully saturated rings. The largest absolute Gasteiger partial charge is 0.313 e. The van der Waals surface area contributed by atoms with Crippen LogP contribution in [0.2, 0.25) is 0 Å². The third kappa shape index (κ3) is 4.92. The van der Waals surface area contributed by atoms with E-state index in [4.69, 9.17) is 0 Å². The third-order valence-corrected chi connectivity index (χ3v) is 5.54. The number of aryl methyl sites for hydroxylation is 1. The number of rotatable bonds is 7. The zero-order valence-electron chi connectivity index (χ0n) is 12.2. The topological polar surface area (TPSA) is 12.0 Å². The molecule has 2 heteroatoms. The molecule has 3 unspecified atom stereocenters. The smallest absolute Gasteiger partial charge is 0.148 e. The van der Waals surface area contributed by atoms with Crippen molar-refractivity contribution in [1.29, 1.82) is 0 Å². The van der Waals surface area contributed by atoms with E-state index in [1.54, 1.807) is 0 Å². The summed E-state index contributed by atoms with van der Waals surface area (Å²) < 4.78 is 0. The molecular weight excluding hydrogens is 237 g/mol. The van der Waals surface area contributed by atoms with Crippen molar-refractivity contribution in [2.75, 3.05) is 13.2 Å². The molecule has 0 aliphatic heterocycles. The summed E-state index contributed by atoms with van der Waals surface area (Å²) in [5.41, 5.74) is 1.33. The van der Waals surface area contributed by atoms with Crippen LogP contribution >= 0.6 is 7.55 Å². The van der Waals surface area contributed by atoms with Crippen LogP contribution in [-0.4, -0.2) is 25.6 Å². The molecule has 0 radical (unpaired) electrons. The van der Waals surface area contributed by atoms with Crippen molar-refractivity contribution >= 4 is 19.1 Å². The maximum absolute atomic E-state index is 4.38. The minimum atomic E-state index is -0.281. The van der Waals surface area contributed by atoms with E-state index in [1.165, 1.54) is 29.9 Å². The summed E-state index contributed by atoms with van der Waals surface area (Å²) in [7, 11) is 1.79. The Balaban J connectivity index is 2.59. The molecule has 0 amide bonds. The molecule has 1 rings (SSSR count). The summed E-state index contributed by atoms with van der Waals surface area (Å²) in [6.07, 6.45) is 8.08. The van der Waals surface area contributed by atoms with E-state index in [-0.39, 0.29) is 7.55 Å². The van der Waals surface area contributed by atoms with Gasteiger partial charge in [-0.3, -0.25) is 0 Å². The average molecular weight is 264 g/mol. The molecule has 0 heterocycles. The Hall–Kier alpha value is -0.650. The van der Waals surface area contributed by atoms with E-state index in [2.05, 4.69) is 63.7 Å². The van der Waals surface area contributed by atoms with Gasteiger partial charge in [0, 0.05) is 6.04 Å². The Labute approximate surface area is 113 Å². The molecule has 0 spiro atoms. The fourth-order valence-electron chi connectivity index (χ4n) is 2.06. The first-order valence-electron chi connectivity index (χ1n) is 6.88. The summed E-state index contributed by atoms with van der Waals surface area (Å²) in [5.74, 6) is 0.795. The molecule has 1 aromatic rings. The van der Waals surface area contributed by atoms with Gasteiger partial charge >= 0.3 is 0 Å². The molecule has 0 aromatic heterocycles. The van der Waals surface area contributed by atoms with Crippen molar-refractivity contribution in [2.45, 2.75) is 39.7 Å². The van der Waals surface area contributed by atoms with Crippen LogP contribution in [0.4, 0.5) is 0 Å². The summed E-state index contributed by atoms with van der Waals surface area (Å²) in [6.45, 7) is 6.74. The predicted octanol–water partition coefficient (Wildman–Crippen LogP) is 3.56. The number of nitrogens with one attached hydrogen (secondary N) is 1. The molecule has 1 N–H and O–H groups in total. The SMILES string of the molecule is C=[P+](CC(CC(C)CC)NC)c1ccc(C)cc1. The molecule has 100 valence electrons. The van der Waals surface area contributed by atoms with Crippen molar-refractivity contribution in [3.8, 4) is 0 Å². The van der Waals surface area contributed by atoms with Crippen LogP contribution in [0.1, 0.15) is 32.3 Å². The molecule has 1 aromatic carbocycles. The predicted molar refractivity (Wildman–Crippen MR) is 86.6 cm³/mol. The Kier molecular flexibility index (Phi) is 6.60. The second-order valence-corrected chi connectivity index (χ2v) is 7.25. The molecule has 1 nitrogen and oxygen atoms in total. The van der Waals surface area contributed by atoms with Crippen molar-refractivity contribution in [3.05, 3.63) is 29.8 Å². The third-order valence-electron chi connectivity index (χ3n) is 3.63. The van der Waals surface area contributed by atoms with Crippen molar-refractivity contribution in [2.24, 2.45) is 5.92 Å². The van der Waals surface area contributed by atoms with Gasteiger partial charge in [-0.25, -0.2) is 0 Å². The van der Waals surface area contributed by atoms with Gasteiger partial charge in [0.15, 0.2) is 0 Å². The fraction of sp³-hybridized carbons (Fsp3) is 0.562. The zero-order chi connectivity index (χ0) is 13.5. The molecular formula is C16H27NP+. The van der Waals surface area contributed by atoms with Crippen LogP contribution in [0, 0.1) is 12.8 Å². The summed E-state index contributed by atoms with van der Waals surface area (Å²) in [4.78, 5) is 0. The maximum Gasteiger partial charge on any atom is 0.148 e. The Morgan fingerprint density at radius 3 is 2.39 bits per heavy atom. The number of benzene rings is 1. The van der Waals surface area contributed by atoms with Crippen molar-refractivity contribution < 1.29 is 0 Å². The second kappa shape index (κ2) is 7.71. The van der Waals surface area contributed by atoms with Gasteiger partial charge in [0.2, 0.25) is 0 Å². The molecule has 0 bridgehead atoms. The average Bonchev–Trinajstić information content (AvgIpc) is 2.38. The lowest BCUT2D eigenvalue weighted by Gasteiger charge is -2.16. The highest BCUT2D eigenvalue weighted by Gasteiger charge is 2.19. The van der Waals surface area contributed by atoms with E-state index >= 15 is 0 Å². The van der Waals surface area contributed by atoms with Gasteiger partial charge in [-0.15, -0.1) is 0 Å². The van der Waals surface area contributed by atoms with E-state index < -0.39 is 0 Å². The van der Waals surface area contributed by atoms with E-state index in [0.717, 1.165) is 5.92 Å². The lowest BCUT2D eigenvalue weighted by Crippen LogP contribution is -2.30. The number of hydrogen-bond donors (Lipinski definition) is 1. The normalized spacial score (nSPS) is 15.2. The van der Waals surface area contributed by atoms with Crippen molar-refractivity contribution in [3.63, 3.8) is 0 Å². The van der Waals surface area contributed by atoms with E-state index in [9.17, 15) is 0 Å².